The number of rotatable bonds is 2. The van der Waals surface area contributed by atoms with Crippen molar-refractivity contribution in [3.63, 3.8) is 0 Å². The van der Waals surface area contributed by atoms with E-state index in [1.54, 1.807) is 0 Å². The fourth-order valence-corrected chi connectivity index (χ4v) is 2.84. The molecule has 1 fully saturated rings. The number of para-hydroxylation sites is 1. The largest absolute Gasteiger partial charge is 0.317 e. The van der Waals surface area contributed by atoms with Gasteiger partial charge >= 0.3 is 0 Å². The lowest BCUT2D eigenvalue weighted by molar-refractivity contribution is 0.701. The van der Waals surface area contributed by atoms with Crippen LogP contribution in [-0.4, -0.2) is 19.6 Å². The Labute approximate surface area is 115 Å². The molecule has 5 nitrogen and oxygen atoms in total. The second-order valence-corrected chi connectivity index (χ2v) is 5.86. The zero-order valence-electron chi connectivity index (χ0n) is 11.6. The molecule has 0 spiro atoms. The molecule has 0 radical (unpaired) electrons. The highest BCUT2D eigenvalue weighted by molar-refractivity contribution is 5.81. The summed E-state index contributed by atoms with van der Waals surface area (Å²) < 4.78 is 1.94. The van der Waals surface area contributed by atoms with Crippen LogP contribution in [0, 0.1) is 0 Å². The second-order valence-electron chi connectivity index (χ2n) is 5.86. The Bertz CT molecular complexity index is 886. The van der Waals surface area contributed by atoms with E-state index in [1.807, 2.05) is 22.6 Å². The van der Waals surface area contributed by atoms with E-state index >= 15 is 0 Å². The summed E-state index contributed by atoms with van der Waals surface area (Å²) in [5.41, 5.74) is 3.34. The van der Waals surface area contributed by atoms with Crippen molar-refractivity contribution < 1.29 is 0 Å². The molecule has 1 aliphatic rings. The van der Waals surface area contributed by atoms with Crippen LogP contribution in [-0.2, 0) is 11.8 Å². The van der Waals surface area contributed by atoms with Crippen LogP contribution in [0.1, 0.15) is 38.1 Å². The van der Waals surface area contributed by atoms with Gasteiger partial charge in [0, 0.05) is 5.41 Å². The highest BCUT2D eigenvalue weighted by Gasteiger charge is 2.43. The molecule has 0 saturated heterocycles. The monoisotopic (exact) mass is 268 g/mol. The third-order valence-corrected chi connectivity index (χ3v) is 4.40. The van der Waals surface area contributed by atoms with Gasteiger partial charge in [0.15, 0.2) is 0 Å². The van der Waals surface area contributed by atoms with Crippen LogP contribution in [0.15, 0.2) is 23.0 Å². The molecule has 5 heteroatoms. The number of aromatic amines is 1. The number of benzene rings is 1. The first-order chi connectivity index (χ1) is 9.64. The Kier molecular flexibility index (Phi) is 2.14. The Hall–Kier alpha value is -2.17. The van der Waals surface area contributed by atoms with Gasteiger partial charge in [-0.05, 0) is 30.9 Å². The number of H-pyrrole nitrogens is 1. The van der Waals surface area contributed by atoms with Crippen LogP contribution in [0.5, 0.6) is 0 Å². The first kappa shape index (κ1) is 11.6. The highest BCUT2D eigenvalue weighted by Crippen LogP contribution is 2.46. The molecule has 0 aliphatic heterocycles. The SMILES string of the molecule is CCc1cccc2c1[nH]c(=O)c1nnc(C3(C)CC3)n12. The van der Waals surface area contributed by atoms with E-state index in [1.165, 1.54) is 0 Å². The molecule has 2 heterocycles. The first-order valence-electron chi connectivity index (χ1n) is 7.03. The molecule has 0 amide bonds. The van der Waals surface area contributed by atoms with E-state index in [2.05, 4.69) is 29.0 Å². The lowest BCUT2D eigenvalue weighted by atomic mass is 10.1. The smallest absolute Gasteiger partial charge is 0.294 e. The molecule has 1 N–H and O–H groups in total. The summed E-state index contributed by atoms with van der Waals surface area (Å²) in [5.74, 6) is 0.914. The minimum absolute atomic E-state index is 0.0718. The average Bonchev–Trinajstić information content (AvgIpc) is 3.03. The summed E-state index contributed by atoms with van der Waals surface area (Å²) in [7, 11) is 0. The van der Waals surface area contributed by atoms with Gasteiger partial charge in [-0.15, -0.1) is 10.2 Å². The Morgan fingerprint density at radius 3 is 2.85 bits per heavy atom. The summed E-state index contributed by atoms with van der Waals surface area (Å²) >= 11 is 0. The van der Waals surface area contributed by atoms with E-state index in [-0.39, 0.29) is 11.0 Å². The van der Waals surface area contributed by atoms with Crippen LogP contribution >= 0.6 is 0 Å². The third kappa shape index (κ3) is 1.40. The van der Waals surface area contributed by atoms with E-state index in [0.29, 0.717) is 5.65 Å². The molecule has 1 aliphatic carbocycles. The predicted molar refractivity (Wildman–Crippen MR) is 77.1 cm³/mol. The van der Waals surface area contributed by atoms with Crippen molar-refractivity contribution in [3.8, 4) is 0 Å². The maximum atomic E-state index is 12.2. The number of aryl methyl sites for hydroxylation is 1. The lowest BCUT2D eigenvalue weighted by Gasteiger charge is -2.10. The Morgan fingerprint density at radius 2 is 2.15 bits per heavy atom. The van der Waals surface area contributed by atoms with Gasteiger partial charge in [-0.25, -0.2) is 0 Å². The fraction of sp³-hybridized carbons (Fsp3) is 0.400. The molecule has 20 heavy (non-hydrogen) atoms. The second kappa shape index (κ2) is 3.69. The topological polar surface area (TPSA) is 63.0 Å². The van der Waals surface area contributed by atoms with Crippen molar-refractivity contribution in [1.29, 1.82) is 0 Å². The molecular formula is C15H16N4O. The lowest BCUT2D eigenvalue weighted by Crippen LogP contribution is -2.15. The minimum atomic E-state index is -0.165. The molecule has 102 valence electrons. The first-order valence-corrected chi connectivity index (χ1v) is 7.03. The van der Waals surface area contributed by atoms with Gasteiger partial charge in [0.2, 0.25) is 5.65 Å². The summed E-state index contributed by atoms with van der Waals surface area (Å²) in [6.07, 6.45) is 3.10. The summed E-state index contributed by atoms with van der Waals surface area (Å²) in [6.45, 7) is 4.27. The minimum Gasteiger partial charge on any atom is -0.317 e. The number of hydrogen-bond donors (Lipinski definition) is 1. The van der Waals surface area contributed by atoms with E-state index < -0.39 is 0 Å². The normalized spacial score (nSPS) is 16.9. The molecule has 0 atom stereocenters. The predicted octanol–water partition coefficient (Wildman–Crippen LogP) is 2.18. The molecule has 0 unspecified atom stereocenters. The molecule has 1 aromatic carbocycles. The van der Waals surface area contributed by atoms with E-state index in [9.17, 15) is 4.79 Å². The molecule has 3 aromatic rings. The van der Waals surface area contributed by atoms with Crippen LogP contribution < -0.4 is 5.56 Å². The van der Waals surface area contributed by atoms with Crippen molar-refractivity contribution in [1.82, 2.24) is 19.6 Å². The van der Waals surface area contributed by atoms with Crippen molar-refractivity contribution in [2.75, 3.05) is 0 Å². The van der Waals surface area contributed by atoms with Crippen molar-refractivity contribution in [2.45, 2.75) is 38.5 Å². The van der Waals surface area contributed by atoms with E-state index in [0.717, 1.165) is 41.7 Å². The van der Waals surface area contributed by atoms with Crippen LogP contribution in [0.4, 0.5) is 0 Å². The number of nitrogens with zero attached hydrogens (tertiary/aromatic N) is 3. The third-order valence-electron chi connectivity index (χ3n) is 4.40. The molecule has 4 rings (SSSR count). The van der Waals surface area contributed by atoms with Gasteiger partial charge in [0.1, 0.15) is 5.82 Å². The van der Waals surface area contributed by atoms with Crippen LogP contribution in [0.25, 0.3) is 16.7 Å². The fourth-order valence-electron chi connectivity index (χ4n) is 2.84. The van der Waals surface area contributed by atoms with Crippen molar-refractivity contribution >= 4 is 16.7 Å². The average molecular weight is 268 g/mol. The van der Waals surface area contributed by atoms with Crippen molar-refractivity contribution in [2.24, 2.45) is 0 Å². The Balaban J connectivity index is 2.22. The maximum Gasteiger partial charge on any atom is 0.294 e. The molecule has 2 aromatic heterocycles. The molecule has 0 bridgehead atoms. The van der Waals surface area contributed by atoms with Gasteiger partial charge < -0.3 is 4.98 Å². The van der Waals surface area contributed by atoms with E-state index in [4.69, 9.17) is 0 Å². The maximum absolute atomic E-state index is 12.2. The molecule has 1 saturated carbocycles. The standard InChI is InChI=1S/C15H16N4O/c1-3-9-5-4-6-10-11(9)16-13(20)12-17-18-14(19(10)12)15(2)7-8-15/h4-6H,3,7-8H2,1-2H3,(H,16,20). The van der Waals surface area contributed by atoms with Gasteiger partial charge in [0.25, 0.3) is 5.56 Å². The number of hydrogen-bond acceptors (Lipinski definition) is 3. The van der Waals surface area contributed by atoms with Gasteiger partial charge in [-0.2, -0.15) is 0 Å². The Morgan fingerprint density at radius 1 is 1.35 bits per heavy atom. The summed E-state index contributed by atoms with van der Waals surface area (Å²) in [5, 5.41) is 8.39. The zero-order chi connectivity index (χ0) is 13.9. The highest BCUT2D eigenvalue weighted by atomic mass is 16.1. The van der Waals surface area contributed by atoms with Gasteiger partial charge in [0.05, 0.1) is 11.0 Å². The number of nitrogens with one attached hydrogen (secondary N) is 1. The zero-order valence-corrected chi connectivity index (χ0v) is 11.6. The quantitative estimate of drug-likeness (QED) is 0.775. The molecular weight excluding hydrogens is 252 g/mol. The van der Waals surface area contributed by atoms with Gasteiger partial charge in [-0.1, -0.05) is 26.0 Å². The summed E-state index contributed by atoms with van der Waals surface area (Å²) in [6, 6.07) is 6.10. The number of fused-ring (bicyclic) bond motifs is 3. The van der Waals surface area contributed by atoms with Crippen LogP contribution in [0.3, 0.4) is 0 Å². The van der Waals surface area contributed by atoms with Crippen LogP contribution in [0.2, 0.25) is 0 Å². The number of aromatic nitrogens is 4. The summed E-state index contributed by atoms with van der Waals surface area (Å²) in [4.78, 5) is 15.2. The van der Waals surface area contributed by atoms with Crippen molar-refractivity contribution in [3.05, 3.63) is 39.9 Å². The van der Waals surface area contributed by atoms with Gasteiger partial charge in [-0.3, -0.25) is 9.20 Å².